The molecule has 1 aromatic rings. The fraction of sp³-hybridized carbons (Fsp3) is 0.611. The maximum atomic E-state index is 13.3. The van der Waals surface area contributed by atoms with E-state index >= 15 is 0 Å². The number of hydrogen-bond donors (Lipinski definition) is 0. The monoisotopic (exact) mass is 305 g/mol. The molecule has 1 heterocycles. The van der Waals surface area contributed by atoms with Crippen LogP contribution in [0.4, 0.5) is 0 Å². The SMILES string of the molecule is O=C(N1CCCCCC1)C1(c2ccc(Cl)cc2)CCCC1. The van der Waals surface area contributed by atoms with E-state index in [1.807, 2.05) is 12.1 Å². The summed E-state index contributed by atoms with van der Waals surface area (Å²) in [6.45, 7) is 1.88. The van der Waals surface area contributed by atoms with E-state index in [0.717, 1.165) is 56.6 Å². The van der Waals surface area contributed by atoms with Crippen molar-refractivity contribution in [1.29, 1.82) is 0 Å². The fourth-order valence-electron chi connectivity index (χ4n) is 3.95. The lowest BCUT2D eigenvalue weighted by Crippen LogP contribution is -2.45. The van der Waals surface area contributed by atoms with Crippen LogP contribution in [0.5, 0.6) is 0 Å². The first kappa shape index (κ1) is 14.9. The molecule has 0 bridgehead atoms. The van der Waals surface area contributed by atoms with Gasteiger partial charge >= 0.3 is 0 Å². The Morgan fingerprint density at radius 2 is 1.48 bits per heavy atom. The van der Waals surface area contributed by atoms with Crippen LogP contribution in [0.25, 0.3) is 0 Å². The summed E-state index contributed by atoms with van der Waals surface area (Å²) in [4.78, 5) is 15.4. The Kier molecular flexibility index (Phi) is 4.54. The van der Waals surface area contributed by atoms with E-state index in [-0.39, 0.29) is 5.41 Å². The molecule has 114 valence electrons. The molecule has 2 aliphatic rings. The van der Waals surface area contributed by atoms with Crippen LogP contribution in [0.3, 0.4) is 0 Å². The predicted octanol–water partition coefficient (Wildman–Crippen LogP) is 4.55. The Labute approximate surface area is 132 Å². The van der Waals surface area contributed by atoms with Gasteiger partial charge in [0.1, 0.15) is 0 Å². The Bertz CT molecular complexity index is 482. The molecule has 21 heavy (non-hydrogen) atoms. The van der Waals surface area contributed by atoms with E-state index in [1.54, 1.807) is 0 Å². The summed E-state index contributed by atoms with van der Waals surface area (Å²) in [5.74, 6) is 0.365. The number of likely N-dealkylation sites (tertiary alicyclic amines) is 1. The number of nitrogens with zero attached hydrogens (tertiary/aromatic N) is 1. The molecular formula is C18H24ClNO. The van der Waals surface area contributed by atoms with Crippen molar-refractivity contribution in [3.8, 4) is 0 Å². The van der Waals surface area contributed by atoms with Gasteiger partial charge in [-0.2, -0.15) is 0 Å². The second-order valence-corrected chi connectivity index (χ2v) is 6.94. The van der Waals surface area contributed by atoms with Crippen LogP contribution in [-0.4, -0.2) is 23.9 Å². The molecule has 0 N–H and O–H groups in total. The molecular weight excluding hydrogens is 282 g/mol. The van der Waals surface area contributed by atoms with Gasteiger partial charge < -0.3 is 4.90 Å². The van der Waals surface area contributed by atoms with Crippen molar-refractivity contribution in [1.82, 2.24) is 4.90 Å². The molecule has 2 fully saturated rings. The van der Waals surface area contributed by atoms with Crippen LogP contribution < -0.4 is 0 Å². The van der Waals surface area contributed by atoms with Crippen LogP contribution in [0.15, 0.2) is 24.3 Å². The van der Waals surface area contributed by atoms with Crippen LogP contribution in [0, 0.1) is 0 Å². The molecule has 0 unspecified atom stereocenters. The summed E-state index contributed by atoms with van der Waals surface area (Å²) in [7, 11) is 0. The minimum absolute atomic E-state index is 0.283. The highest BCUT2D eigenvalue weighted by Gasteiger charge is 2.44. The maximum absolute atomic E-state index is 13.3. The molecule has 1 aromatic carbocycles. The van der Waals surface area contributed by atoms with Crippen LogP contribution >= 0.6 is 11.6 Å². The number of hydrogen-bond acceptors (Lipinski definition) is 1. The van der Waals surface area contributed by atoms with Gasteiger partial charge in [-0.05, 0) is 43.4 Å². The van der Waals surface area contributed by atoms with Gasteiger partial charge in [0.15, 0.2) is 0 Å². The molecule has 0 radical (unpaired) electrons. The smallest absolute Gasteiger partial charge is 0.233 e. The van der Waals surface area contributed by atoms with Gasteiger partial charge in [-0.1, -0.05) is 49.4 Å². The largest absolute Gasteiger partial charge is 0.342 e. The lowest BCUT2D eigenvalue weighted by molar-refractivity contribution is -0.137. The Morgan fingerprint density at radius 3 is 2.05 bits per heavy atom. The highest BCUT2D eigenvalue weighted by molar-refractivity contribution is 6.30. The second kappa shape index (κ2) is 6.39. The first-order valence-corrected chi connectivity index (χ1v) is 8.66. The minimum atomic E-state index is -0.283. The van der Waals surface area contributed by atoms with Gasteiger partial charge in [-0.15, -0.1) is 0 Å². The summed E-state index contributed by atoms with van der Waals surface area (Å²) in [5.41, 5.74) is 0.883. The Morgan fingerprint density at radius 1 is 0.905 bits per heavy atom. The molecule has 3 heteroatoms. The Balaban J connectivity index is 1.89. The van der Waals surface area contributed by atoms with Crippen molar-refractivity contribution in [2.45, 2.75) is 56.8 Å². The Hall–Kier alpha value is -1.02. The lowest BCUT2D eigenvalue weighted by atomic mass is 9.77. The summed E-state index contributed by atoms with van der Waals surface area (Å²) in [6.07, 6.45) is 9.12. The van der Waals surface area contributed by atoms with E-state index in [0.29, 0.717) is 5.91 Å². The first-order valence-electron chi connectivity index (χ1n) is 8.28. The second-order valence-electron chi connectivity index (χ2n) is 6.50. The van der Waals surface area contributed by atoms with Gasteiger partial charge in [-0.25, -0.2) is 0 Å². The van der Waals surface area contributed by atoms with Gasteiger partial charge in [-0.3, -0.25) is 4.79 Å². The van der Waals surface area contributed by atoms with E-state index in [2.05, 4.69) is 17.0 Å². The van der Waals surface area contributed by atoms with Crippen molar-refractivity contribution < 1.29 is 4.79 Å². The van der Waals surface area contributed by atoms with Crippen molar-refractivity contribution in [3.63, 3.8) is 0 Å². The van der Waals surface area contributed by atoms with Crippen molar-refractivity contribution in [3.05, 3.63) is 34.9 Å². The van der Waals surface area contributed by atoms with Crippen LogP contribution in [-0.2, 0) is 10.2 Å². The fourth-order valence-corrected chi connectivity index (χ4v) is 4.08. The molecule has 3 rings (SSSR count). The molecule has 0 atom stereocenters. The third kappa shape index (κ3) is 2.96. The van der Waals surface area contributed by atoms with E-state index in [1.165, 1.54) is 18.4 Å². The zero-order valence-corrected chi connectivity index (χ0v) is 13.4. The zero-order valence-electron chi connectivity index (χ0n) is 12.6. The average molecular weight is 306 g/mol. The maximum Gasteiger partial charge on any atom is 0.233 e. The molecule has 1 amide bonds. The number of carbonyl (C=O) groups excluding carboxylic acids is 1. The summed E-state index contributed by atoms with van der Waals surface area (Å²) in [6, 6.07) is 7.96. The summed E-state index contributed by atoms with van der Waals surface area (Å²) in [5, 5.41) is 0.745. The summed E-state index contributed by atoms with van der Waals surface area (Å²) >= 11 is 6.02. The van der Waals surface area contributed by atoms with Crippen molar-refractivity contribution >= 4 is 17.5 Å². The van der Waals surface area contributed by atoms with Crippen LogP contribution in [0.2, 0.25) is 5.02 Å². The summed E-state index contributed by atoms with van der Waals surface area (Å²) < 4.78 is 0. The molecule has 1 saturated carbocycles. The van der Waals surface area contributed by atoms with Crippen molar-refractivity contribution in [2.75, 3.05) is 13.1 Å². The number of rotatable bonds is 2. The van der Waals surface area contributed by atoms with Crippen LogP contribution in [0.1, 0.15) is 56.9 Å². The first-order chi connectivity index (χ1) is 10.2. The van der Waals surface area contributed by atoms with E-state index < -0.39 is 0 Å². The lowest BCUT2D eigenvalue weighted by Gasteiger charge is -2.34. The molecule has 1 saturated heterocycles. The van der Waals surface area contributed by atoms with E-state index in [4.69, 9.17) is 11.6 Å². The normalized spacial score (nSPS) is 22.0. The number of halogens is 1. The third-order valence-corrected chi connectivity index (χ3v) is 5.41. The molecule has 1 aliphatic heterocycles. The number of carbonyl (C=O) groups is 1. The van der Waals surface area contributed by atoms with Gasteiger partial charge in [0.2, 0.25) is 5.91 Å². The third-order valence-electron chi connectivity index (χ3n) is 5.16. The average Bonchev–Trinajstić information content (AvgIpc) is 2.84. The molecule has 0 aromatic heterocycles. The predicted molar refractivity (Wildman–Crippen MR) is 86.6 cm³/mol. The van der Waals surface area contributed by atoms with Gasteiger partial charge in [0, 0.05) is 18.1 Å². The van der Waals surface area contributed by atoms with Gasteiger partial charge in [0.25, 0.3) is 0 Å². The van der Waals surface area contributed by atoms with E-state index in [9.17, 15) is 4.79 Å². The minimum Gasteiger partial charge on any atom is -0.342 e. The molecule has 0 spiro atoms. The molecule has 2 nitrogen and oxygen atoms in total. The quantitative estimate of drug-likeness (QED) is 0.784. The topological polar surface area (TPSA) is 20.3 Å². The molecule has 1 aliphatic carbocycles. The highest BCUT2D eigenvalue weighted by atomic mass is 35.5. The highest BCUT2D eigenvalue weighted by Crippen LogP contribution is 2.43. The zero-order chi connectivity index (χ0) is 14.7. The van der Waals surface area contributed by atoms with Gasteiger partial charge in [0.05, 0.1) is 5.41 Å². The van der Waals surface area contributed by atoms with Crippen molar-refractivity contribution in [2.24, 2.45) is 0 Å². The number of benzene rings is 1. The number of amides is 1. The standard InChI is InChI=1S/C18H24ClNO/c19-16-9-7-15(8-10-16)18(11-3-4-12-18)17(21)20-13-5-1-2-6-14-20/h7-10H,1-6,11-14H2.